The molecule has 1 fully saturated rings. The quantitative estimate of drug-likeness (QED) is 0.483. The molecule has 4 heterocycles. The highest BCUT2D eigenvalue weighted by Crippen LogP contribution is 2.36. The smallest absolute Gasteiger partial charge is 0.268 e. The molecule has 0 bridgehead atoms. The molecule has 32 heavy (non-hydrogen) atoms. The number of aliphatic hydroxyl groups is 1. The molecule has 2 aromatic heterocycles. The summed E-state index contributed by atoms with van der Waals surface area (Å²) in [6.07, 6.45) is 1.81. The average molecular weight is 438 g/mol. The molecule has 0 aliphatic carbocycles. The topological polar surface area (TPSA) is 139 Å². The van der Waals surface area contributed by atoms with Crippen LogP contribution in [0.15, 0.2) is 34.9 Å². The van der Waals surface area contributed by atoms with Crippen molar-refractivity contribution in [3.8, 4) is 5.75 Å². The standard InChI is InChI=1S/C22H26N6O4/c1-22(2)20(30)25-15-9-13(3-4-17(15)32-22)24-21-26-14-6-8-31-18(14)19(27-21)28-7-5-12(10-23)16(29)11-28/h3-4,6,8-9,12,16,29H,5,7,10-11,23H2,1-2H3,(H,25,30)(H,24,26,27). The zero-order valence-corrected chi connectivity index (χ0v) is 18.0. The lowest BCUT2D eigenvalue weighted by Crippen LogP contribution is -2.46. The summed E-state index contributed by atoms with van der Waals surface area (Å²) in [4.78, 5) is 23.4. The van der Waals surface area contributed by atoms with Crippen molar-refractivity contribution in [2.75, 3.05) is 35.2 Å². The number of anilines is 4. The number of nitrogens with two attached hydrogens (primary N) is 1. The van der Waals surface area contributed by atoms with Crippen molar-refractivity contribution in [3.05, 3.63) is 30.5 Å². The minimum atomic E-state index is -0.922. The van der Waals surface area contributed by atoms with Gasteiger partial charge in [0.2, 0.25) is 5.95 Å². The molecule has 1 aromatic carbocycles. The van der Waals surface area contributed by atoms with Gasteiger partial charge in [0.15, 0.2) is 17.0 Å². The SMILES string of the molecule is CC1(C)Oc2ccc(Nc3nc(N4CCC(CN)C(O)C4)c4occc4n3)cc2NC1=O. The van der Waals surface area contributed by atoms with Gasteiger partial charge in [0.25, 0.3) is 5.91 Å². The van der Waals surface area contributed by atoms with Gasteiger partial charge >= 0.3 is 0 Å². The van der Waals surface area contributed by atoms with Gasteiger partial charge in [0.05, 0.1) is 18.1 Å². The van der Waals surface area contributed by atoms with E-state index in [4.69, 9.17) is 14.9 Å². The molecule has 0 saturated carbocycles. The van der Waals surface area contributed by atoms with Crippen molar-refractivity contribution < 1.29 is 19.1 Å². The number of carbonyl (C=O) groups excluding carboxylic acids is 1. The van der Waals surface area contributed by atoms with Crippen LogP contribution in [0.3, 0.4) is 0 Å². The molecule has 10 heteroatoms. The maximum Gasteiger partial charge on any atom is 0.268 e. The van der Waals surface area contributed by atoms with Crippen LogP contribution in [0, 0.1) is 5.92 Å². The molecular formula is C22H26N6O4. The first-order valence-corrected chi connectivity index (χ1v) is 10.6. The lowest BCUT2D eigenvalue weighted by Gasteiger charge is -2.36. The Hall–Kier alpha value is -3.37. The molecule has 1 saturated heterocycles. The maximum absolute atomic E-state index is 12.2. The Morgan fingerprint density at radius 3 is 2.97 bits per heavy atom. The highest BCUT2D eigenvalue weighted by atomic mass is 16.5. The van der Waals surface area contributed by atoms with Gasteiger partial charge in [-0.2, -0.15) is 4.98 Å². The molecule has 168 valence electrons. The van der Waals surface area contributed by atoms with E-state index in [0.29, 0.717) is 59.6 Å². The van der Waals surface area contributed by atoms with Crippen molar-refractivity contribution in [1.82, 2.24) is 9.97 Å². The summed E-state index contributed by atoms with van der Waals surface area (Å²) < 4.78 is 11.4. The Balaban J connectivity index is 1.44. The number of fused-ring (bicyclic) bond motifs is 2. The first kappa shape index (κ1) is 20.5. The number of amides is 1. The van der Waals surface area contributed by atoms with Gasteiger partial charge in [0.1, 0.15) is 11.3 Å². The number of ether oxygens (including phenoxy) is 1. The first-order valence-electron chi connectivity index (χ1n) is 10.6. The molecule has 2 aliphatic rings. The number of nitrogens with zero attached hydrogens (tertiary/aromatic N) is 3. The Labute approximate surface area is 184 Å². The van der Waals surface area contributed by atoms with Crippen LogP contribution in [0.2, 0.25) is 0 Å². The van der Waals surface area contributed by atoms with Crippen LogP contribution >= 0.6 is 0 Å². The van der Waals surface area contributed by atoms with E-state index in [1.165, 1.54) is 0 Å². The zero-order valence-electron chi connectivity index (χ0n) is 18.0. The van der Waals surface area contributed by atoms with Crippen LogP contribution in [0.1, 0.15) is 20.3 Å². The molecule has 2 unspecified atom stereocenters. The highest BCUT2D eigenvalue weighted by molar-refractivity contribution is 6.00. The minimum absolute atomic E-state index is 0.0793. The van der Waals surface area contributed by atoms with E-state index in [1.54, 1.807) is 38.3 Å². The third-order valence-electron chi connectivity index (χ3n) is 6.01. The van der Waals surface area contributed by atoms with E-state index >= 15 is 0 Å². The second kappa shape index (κ2) is 7.64. The summed E-state index contributed by atoms with van der Waals surface area (Å²) in [5, 5.41) is 16.5. The van der Waals surface area contributed by atoms with Crippen LogP contribution in [-0.4, -0.2) is 52.3 Å². The molecule has 0 spiro atoms. The van der Waals surface area contributed by atoms with Gasteiger partial charge in [-0.25, -0.2) is 4.98 Å². The predicted octanol–water partition coefficient (Wildman–Crippen LogP) is 2.22. The van der Waals surface area contributed by atoms with Crippen molar-refractivity contribution in [1.29, 1.82) is 0 Å². The molecule has 2 atom stereocenters. The number of hydrogen-bond donors (Lipinski definition) is 4. The largest absolute Gasteiger partial charge is 0.476 e. The Morgan fingerprint density at radius 2 is 2.19 bits per heavy atom. The van der Waals surface area contributed by atoms with Crippen LogP contribution in [-0.2, 0) is 4.79 Å². The van der Waals surface area contributed by atoms with Crippen molar-refractivity contribution in [3.63, 3.8) is 0 Å². The number of benzene rings is 1. The Morgan fingerprint density at radius 1 is 1.34 bits per heavy atom. The number of carbonyl (C=O) groups is 1. The number of nitrogens with one attached hydrogen (secondary N) is 2. The number of β-amino-alcohol motifs (C(OH)–C–C–N with tert-alkyl or cyclic N) is 1. The van der Waals surface area contributed by atoms with E-state index < -0.39 is 11.7 Å². The minimum Gasteiger partial charge on any atom is -0.476 e. The second-order valence-corrected chi connectivity index (χ2v) is 8.71. The van der Waals surface area contributed by atoms with Crippen LogP contribution in [0.25, 0.3) is 11.1 Å². The van der Waals surface area contributed by atoms with Gasteiger partial charge in [-0.1, -0.05) is 0 Å². The number of rotatable bonds is 4. The fourth-order valence-corrected chi connectivity index (χ4v) is 4.08. The third kappa shape index (κ3) is 3.61. The first-order chi connectivity index (χ1) is 15.3. The molecule has 3 aromatic rings. The summed E-state index contributed by atoms with van der Waals surface area (Å²) in [6, 6.07) is 7.19. The normalized spacial score (nSPS) is 22.2. The fraction of sp³-hybridized carbons (Fsp3) is 0.409. The summed E-state index contributed by atoms with van der Waals surface area (Å²) >= 11 is 0. The molecular weight excluding hydrogens is 412 g/mol. The van der Waals surface area contributed by atoms with Gasteiger partial charge < -0.3 is 35.5 Å². The van der Waals surface area contributed by atoms with E-state index in [0.717, 1.165) is 6.42 Å². The number of aliphatic hydroxyl groups excluding tert-OH is 1. The summed E-state index contributed by atoms with van der Waals surface area (Å²) in [6.45, 7) is 5.03. The summed E-state index contributed by atoms with van der Waals surface area (Å²) in [7, 11) is 0. The van der Waals surface area contributed by atoms with E-state index in [2.05, 4.69) is 20.6 Å². The highest BCUT2D eigenvalue weighted by Gasteiger charge is 2.35. The van der Waals surface area contributed by atoms with Gasteiger partial charge in [0, 0.05) is 30.8 Å². The Bertz CT molecular complexity index is 1180. The molecule has 10 nitrogen and oxygen atoms in total. The number of hydrogen-bond acceptors (Lipinski definition) is 9. The van der Waals surface area contributed by atoms with E-state index in [-0.39, 0.29) is 11.8 Å². The number of aromatic nitrogens is 2. The molecule has 0 radical (unpaired) electrons. The van der Waals surface area contributed by atoms with Gasteiger partial charge in [-0.15, -0.1) is 0 Å². The van der Waals surface area contributed by atoms with E-state index in [1.807, 2.05) is 11.0 Å². The summed E-state index contributed by atoms with van der Waals surface area (Å²) in [5.74, 6) is 1.47. The Kier molecular flexibility index (Phi) is 4.90. The van der Waals surface area contributed by atoms with Crippen LogP contribution < -0.4 is 26.0 Å². The number of piperidine rings is 1. The lowest BCUT2D eigenvalue weighted by atomic mass is 9.94. The molecule has 2 aliphatic heterocycles. The number of furan rings is 1. The molecule has 5 N–H and O–H groups in total. The van der Waals surface area contributed by atoms with E-state index in [9.17, 15) is 9.90 Å². The van der Waals surface area contributed by atoms with Crippen LogP contribution in [0.4, 0.5) is 23.1 Å². The molecule has 1 amide bonds. The van der Waals surface area contributed by atoms with Crippen LogP contribution in [0.5, 0.6) is 5.75 Å². The fourth-order valence-electron chi connectivity index (χ4n) is 4.08. The molecule has 5 rings (SSSR count). The van der Waals surface area contributed by atoms with Gasteiger partial charge in [-0.05, 0) is 45.0 Å². The second-order valence-electron chi connectivity index (χ2n) is 8.71. The predicted molar refractivity (Wildman–Crippen MR) is 120 cm³/mol. The monoisotopic (exact) mass is 438 g/mol. The maximum atomic E-state index is 12.2. The zero-order chi connectivity index (χ0) is 22.5. The average Bonchev–Trinajstić information content (AvgIpc) is 3.22. The van der Waals surface area contributed by atoms with Crippen molar-refractivity contribution in [2.24, 2.45) is 11.7 Å². The third-order valence-corrected chi connectivity index (χ3v) is 6.01. The van der Waals surface area contributed by atoms with Crippen molar-refractivity contribution >= 4 is 40.1 Å². The van der Waals surface area contributed by atoms with Crippen molar-refractivity contribution in [2.45, 2.75) is 32.0 Å². The van der Waals surface area contributed by atoms with Gasteiger partial charge in [-0.3, -0.25) is 4.79 Å². The summed E-state index contributed by atoms with van der Waals surface area (Å²) in [5.41, 5.74) is 7.35. The lowest BCUT2D eigenvalue weighted by molar-refractivity contribution is -0.129.